The molecule has 1 amide bonds. The maximum absolute atomic E-state index is 13.4. The van der Waals surface area contributed by atoms with Crippen LogP contribution in [0.25, 0.3) is 22.6 Å². The lowest BCUT2D eigenvalue weighted by molar-refractivity contribution is 0.102. The van der Waals surface area contributed by atoms with E-state index in [1.54, 1.807) is 38.1 Å². The number of rotatable bonds is 5. The third kappa shape index (κ3) is 3.67. The first-order chi connectivity index (χ1) is 15.1. The van der Waals surface area contributed by atoms with Crippen molar-refractivity contribution in [3.63, 3.8) is 0 Å². The third-order valence-corrected chi connectivity index (χ3v) is 7.10. The van der Waals surface area contributed by atoms with Gasteiger partial charge in [-0.15, -0.1) is 0 Å². The lowest BCUT2D eigenvalue weighted by atomic mass is 10.1. The molecule has 1 N–H and O–H groups in total. The molecular weight excluding hydrogens is 432 g/mol. The summed E-state index contributed by atoms with van der Waals surface area (Å²) in [5.41, 5.74) is 3.32. The normalized spacial score (nSPS) is 11.9. The molecule has 166 valence electrons. The lowest BCUT2D eigenvalue weighted by Gasteiger charge is -2.16. The van der Waals surface area contributed by atoms with Crippen molar-refractivity contribution < 1.29 is 22.2 Å². The molecule has 3 heterocycles. The zero-order chi connectivity index (χ0) is 23.2. The number of anilines is 1. The van der Waals surface area contributed by atoms with Crippen molar-refractivity contribution in [3.8, 4) is 11.5 Å². The number of hydrogen-bond acceptors (Lipinski definition) is 7. The topological polar surface area (TPSA) is 119 Å². The number of nitrogens with zero attached hydrogens (tertiary/aromatic N) is 3. The molecule has 0 aliphatic heterocycles. The van der Waals surface area contributed by atoms with Crippen LogP contribution < -0.4 is 5.32 Å². The Morgan fingerprint density at radius 2 is 1.88 bits per heavy atom. The van der Waals surface area contributed by atoms with Crippen molar-refractivity contribution in [1.82, 2.24) is 14.4 Å². The largest absolute Gasteiger partial charge is 0.463 e. The molecule has 0 bridgehead atoms. The van der Waals surface area contributed by atoms with Crippen LogP contribution in [-0.4, -0.2) is 42.9 Å². The maximum atomic E-state index is 13.4. The molecule has 0 saturated heterocycles. The first-order valence-corrected chi connectivity index (χ1v) is 11.2. The van der Waals surface area contributed by atoms with E-state index in [0.29, 0.717) is 28.2 Å². The molecule has 0 atom stereocenters. The van der Waals surface area contributed by atoms with Gasteiger partial charge in [-0.05, 0) is 62.2 Å². The predicted molar refractivity (Wildman–Crippen MR) is 119 cm³/mol. The quantitative estimate of drug-likeness (QED) is 0.486. The molecule has 10 heteroatoms. The van der Waals surface area contributed by atoms with Crippen LogP contribution in [0.4, 0.5) is 5.69 Å². The van der Waals surface area contributed by atoms with Gasteiger partial charge in [0.05, 0.1) is 27.8 Å². The van der Waals surface area contributed by atoms with E-state index in [1.165, 1.54) is 26.4 Å². The summed E-state index contributed by atoms with van der Waals surface area (Å²) in [5, 5.41) is 7.26. The Kier molecular flexibility index (Phi) is 5.35. The maximum Gasteiger partial charge on any atom is 0.259 e. The smallest absolute Gasteiger partial charge is 0.259 e. The summed E-state index contributed by atoms with van der Waals surface area (Å²) in [5.74, 6) is 0.0273. The Labute approximate surface area is 185 Å². The van der Waals surface area contributed by atoms with Gasteiger partial charge < -0.3 is 14.3 Å². The zero-order valence-electron chi connectivity index (χ0n) is 18.3. The van der Waals surface area contributed by atoms with Crippen LogP contribution in [0, 0.1) is 20.8 Å². The molecule has 0 aliphatic carbocycles. The molecule has 9 nitrogen and oxygen atoms in total. The second-order valence-corrected chi connectivity index (χ2v) is 9.79. The van der Waals surface area contributed by atoms with Crippen molar-refractivity contribution in [2.75, 3.05) is 19.4 Å². The van der Waals surface area contributed by atoms with Crippen molar-refractivity contribution in [3.05, 3.63) is 59.0 Å². The van der Waals surface area contributed by atoms with Gasteiger partial charge in [-0.25, -0.2) is 17.7 Å². The zero-order valence-corrected chi connectivity index (χ0v) is 19.1. The molecule has 0 radical (unpaired) electrons. The molecule has 0 spiro atoms. The highest BCUT2D eigenvalue weighted by Crippen LogP contribution is 2.30. The van der Waals surface area contributed by atoms with Crippen molar-refractivity contribution in [2.24, 2.45) is 0 Å². The number of carbonyl (C=O) groups excluding carboxylic acids is 1. The van der Waals surface area contributed by atoms with E-state index in [9.17, 15) is 13.2 Å². The molecule has 32 heavy (non-hydrogen) atoms. The number of amides is 1. The molecule has 0 unspecified atom stereocenters. The predicted octanol–water partition coefficient (Wildman–Crippen LogP) is 3.91. The second-order valence-electron chi connectivity index (χ2n) is 7.63. The summed E-state index contributed by atoms with van der Waals surface area (Å²) in [6.07, 6.45) is 1.51. The Bertz CT molecular complexity index is 1440. The van der Waals surface area contributed by atoms with Gasteiger partial charge in [0.25, 0.3) is 11.6 Å². The first kappa shape index (κ1) is 21.7. The number of sulfonamides is 1. The number of nitrogens with one attached hydrogen (secondary N) is 1. The van der Waals surface area contributed by atoms with Crippen LogP contribution in [0.5, 0.6) is 0 Å². The van der Waals surface area contributed by atoms with Crippen molar-refractivity contribution in [1.29, 1.82) is 0 Å². The minimum absolute atomic E-state index is 0.0956. The van der Waals surface area contributed by atoms with E-state index in [-0.39, 0.29) is 16.2 Å². The fraction of sp³-hybridized carbons (Fsp3) is 0.227. The monoisotopic (exact) mass is 454 g/mol. The third-order valence-electron chi connectivity index (χ3n) is 5.30. The number of fused-ring (bicyclic) bond motifs is 1. The van der Waals surface area contributed by atoms with Gasteiger partial charge >= 0.3 is 0 Å². The van der Waals surface area contributed by atoms with Crippen LogP contribution >= 0.6 is 0 Å². The molecular formula is C22H22N4O5S. The van der Waals surface area contributed by atoms with Crippen LogP contribution in [-0.2, 0) is 10.0 Å². The number of pyridine rings is 1. The number of carbonyl (C=O) groups is 1. The molecule has 3 aromatic heterocycles. The SMILES string of the molecule is Cc1cc(S(=O)(=O)N(C)C)cc(NC(=O)c2cc(-c3ccco3)nc3onc(C)c23)c1C. The van der Waals surface area contributed by atoms with Gasteiger partial charge in [-0.3, -0.25) is 4.79 Å². The Morgan fingerprint density at radius 1 is 1.12 bits per heavy atom. The van der Waals surface area contributed by atoms with Crippen LogP contribution in [0.3, 0.4) is 0 Å². The van der Waals surface area contributed by atoms with E-state index in [2.05, 4.69) is 15.5 Å². The summed E-state index contributed by atoms with van der Waals surface area (Å²) in [4.78, 5) is 17.9. The molecule has 4 rings (SSSR count). The highest BCUT2D eigenvalue weighted by molar-refractivity contribution is 7.89. The minimum atomic E-state index is -3.67. The van der Waals surface area contributed by atoms with E-state index < -0.39 is 15.9 Å². The Balaban J connectivity index is 1.82. The van der Waals surface area contributed by atoms with E-state index in [1.807, 2.05) is 6.92 Å². The summed E-state index contributed by atoms with van der Waals surface area (Å²) in [6.45, 7) is 5.33. The van der Waals surface area contributed by atoms with Crippen LogP contribution in [0.15, 0.2) is 50.4 Å². The number of benzene rings is 1. The summed E-state index contributed by atoms with van der Waals surface area (Å²) >= 11 is 0. The van der Waals surface area contributed by atoms with Crippen LogP contribution in [0.1, 0.15) is 27.2 Å². The average Bonchev–Trinajstić information content (AvgIpc) is 3.40. The fourth-order valence-electron chi connectivity index (χ4n) is 3.33. The second kappa shape index (κ2) is 7.88. The van der Waals surface area contributed by atoms with Crippen molar-refractivity contribution >= 4 is 32.7 Å². The van der Waals surface area contributed by atoms with E-state index >= 15 is 0 Å². The fourth-order valence-corrected chi connectivity index (χ4v) is 4.34. The molecule has 0 aliphatic rings. The Hall–Kier alpha value is -3.50. The summed E-state index contributed by atoms with van der Waals surface area (Å²) in [6, 6.07) is 8.09. The number of hydrogen-bond donors (Lipinski definition) is 1. The minimum Gasteiger partial charge on any atom is -0.463 e. The molecule has 0 saturated carbocycles. The highest BCUT2D eigenvalue weighted by atomic mass is 32.2. The van der Waals surface area contributed by atoms with Crippen LogP contribution in [0.2, 0.25) is 0 Å². The molecule has 4 aromatic rings. The number of aryl methyl sites for hydroxylation is 2. The summed E-state index contributed by atoms with van der Waals surface area (Å²) in [7, 11) is -0.754. The summed E-state index contributed by atoms with van der Waals surface area (Å²) < 4.78 is 37.1. The first-order valence-electron chi connectivity index (χ1n) is 9.75. The van der Waals surface area contributed by atoms with Gasteiger partial charge in [-0.1, -0.05) is 5.16 Å². The number of furan rings is 1. The van der Waals surface area contributed by atoms with Gasteiger partial charge in [-0.2, -0.15) is 0 Å². The van der Waals surface area contributed by atoms with E-state index in [0.717, 1.165) is 15.4 Å². The molecule has 0 fully saturated rings. The lowest BCUT2D eigenvalue weighted by Crippen LogP contribution is -2.23. The van der Waals surface area contributed by atoms with E-state index in [4.69, 9.17) is 8.94 Å². The van der Waals surface area contributed by atoms with Gasteiger partial charge in [0.15, 0.2) is 5.76 Å². The average molecular weight is 455 g/mol. The molecule has 1 aromatic carbocycles. The van der Waals surface area contributed by atoms with Gasteiger partial charge in [0.2, 0.25) is 10.0 Å². The number of aromatic nitrogens is 2. The Morgan fingerprint density at radius 3 is 2.53 bits per heavy atom. The van der Waals surface area contributed by atoms with Crippen molar-refractivity contribution in [2.45, 2.75) is 25.7 Å². The van der Waals surface area contributed by atoms with Gasteiger partial charge in [0.1, 0.15) is 5.69 Å². The van der Waals surface area contributed by atoms with Gasteiger partial charge in [0, 0.05) is 19.8 Å². The standard InChI is InChI=1S/C22H22N4O5S/c1-12-9-15(32(28,29)26(4)5)10-17(13(12)2)23-21(27)16-11-18(19-7-6-8-30-19)24-22-20(16)14(3)25-31-22/h6-11H,1-5H3,(H,23,27). The highest BCUT2D eigenvalue weighted by Gasteiger charge is 2.23.